The first-order chi connectivity index (χ1) is 7.21. The van der Waals surface area contributed by atoms with E-state index in [4.69, 9.17) is 16.7 Å². The van der Waals surface area contributed by atoms with Crippen LogP contribution in [0.5, 0.6) is 0 Å². The summed E-state index contributed by atoms with van der Waals surface area (Å²) in [5, 5.41) is 8.87. The number of hydrazine groups is 1. The van der Waals surface area contributed by atoms with Crippen molar-refractivity contribution in [3.8, 4) is 0 Å². The van der Waals surface area contributed by atoms with Gasteiger partial charge in [-0.2, -0.15) is 9.97 Å². The fourth-order valence-corrected chi connectivity index (χ4v) is 1.24. The van der Waals surface area contributed by atoms with E-state index in [9.17, 15) is 0 Å². The Morgan fingerprint density at radius 2 is 2.27 bits per heavy atom. The fourth-order valence-electron chi connectivity index (χ4n) is 1.24. The van der Waals surface area contributed by atoms with E-state index in [-0.39, 0.29) is 12.6 Å². The number of nitrogens with two attached hydrogens (primary N) is 2. The zero-order valence-corrected chi connectivity index (χ0v) is 8.64. The number of nitrogen functional groups attached to an aromatic ring is 2. The molecule has 0 aliphatic carbocycles. The van der Waals surface area contributed by atoms with Crippen LogP contribution in [0.2, 0.25) is 0 Å². The lowest BCUT2D eigenvalue weighted by atomic mass is 10.4. The molecule has 0 saturated heterocycles. The van der Waals surface area contributed by atoms with E-state index in [1.807, 2.05) is 11.8 Å². The lowest BCUT2D eigenvalue weighted by Gasteiger charge is -2.21. The van der Waals surface area contributed by atoms with Crippen molar-refractivity contribution in [2.75, 3.05) is 35.8 Å². The van der Waals surface area contributed by atoms with Crippen molar-refractivity contribution < 1.29 is 5.11 Å². The van der Waals surface area contributed by atoms with Crippen LogP contribution in [0.3, 0.4) is 0 Å². The number of aliphatic hydroxyl groups excluding tert-OH is 1. The molecule has 7 nitrogen and oxygen atoms in total. The molecule has 0 unspecified atom stereocenters. The van der Waals surface area contributed by atoms with Crippen molar-refractivity contribution in [3.05, 3.63) is 6.07 Å². The highest BCUT2D eigenvalue weighted by molar-refractivity contribution is 5.51. The molecule has 84 valence electrons. The Balaban J connectivity index is 2.95. The van der Waals surface area contributed by atoms with Gasteiger partial charge in [0, 0.05) is 19.2 Å². The van der Waals surface area contributed by atoms with Gasteiger partial charge in [0.1, 0.15) is 11.6 Å². The van der Waals surface area contributed by atoms with Gasteiger partial charge in [-0.3, -0.25) is 0 Å². The maximum absolute atomic E-state index is 8.87. The van der Waals surface area contributed by atoms with Gasteiger partial charge in [0.15, 0.2) is 0 Å². The molecule has 0 radical (unpaired) electrons. The largest absolute Gasteiger partial charge is 0.395 e. The van der Waals surface area contributed by atoms with Gasteiger partial charge in [-0.05, 0) is 6.92 Å². The Morgan fingerprint density at radius 1 is 1.53 bits per heavy atom. The zero-order valence-electron chi connectivity index (χ0n) is 8.64. The Hall–Kier alpha value is -1.60. The van der Waals surface area contributed by atoms with Crippen LogP contribution in [-0.4, -0.2) is 34.8 Å². The number of hydrogen-bond acceptors (Lipinski definition) is 7. The first-order valence-corrected chi connectivity index (χ1v) is 4.68. The van der Waals surface area contributed by atoms with Crippen molar-refractivity contribution in [2.24, 2.45) is 5.84 Å². The van der Waals surface area contributed by atoms with Crippen LogP contribution in [0.15, 0.2) is 6.07 Å². The van der Waals surface area contributed by atoms with E-state index < -0.39 is 0 Å². The number of aromatic nitrogens is 2. The second-order valence-corrected chi connectivity index (χ2v) is 2.92. The number of rotatable bonds is 5. The van der Waals surface area contributed by atoms with E-state index >= 15 is 0 Å². The lowest BCUT2D eigenvalue weighted by molar-refractivity contribution is 0.302. The molecule has 0 atom stereocenters. The summed E-state index contributed by atoms with van der Waals surface area (Å²) in [6.07, 6.45) is 0. The minimum absolute atomic E-state index is 0.0587. The standard InChI is InChI=1S/C8H16N6O/c1-2-14(3-4-15)7-5-6(13-10)11-8(9)12-7/h5,15H,2-4,10H2,1H3,(H3,9,11,12,13). The average molecular weight is 212 g/mol. The number of anilines is 3. The number of nitrogens with zero attached hydrogens (tertiary/aromatic N) is 3. The monoisotopic (exact) mass is 212 g/mol. The number of likely N-dealkylation sites (N-methyl/N-ethyl adjacent to an activating group) is 1. The number of hydrogen-bond donors (Lipinski definition) is 4. The molecule has 15 heavy (non-hydrogen) atoms. The Bertz CT molecular complexity index is 318. The van der Waals surface area contributed by atoms with Crippen molar-refractivity contribution in [2.45, 2.75) is 6.92 Å². The predicted molar refractivity (Wildman–Crippen MR) is 59.2 cm³/mol. The lowest BCUT2D eigenvalue weighted by Crippen LogP contribution is -2.27. The molecule has 1 aromatic rings. The van der Waals surface area contributed by atoms with Gasteiger partial charge in [-0.25, -0.2) is 5.84 Å². The zero-order chi connectivity index (χ0) is 11.3. The third-order valence-electron chi connectivity index (χ3n) is 1.95. The van der Waals surface area contributed by atoms with Gasteiger partial charge in [-0.1, -0.05) is 0 Å². The Labute approximate surface area is 88.1 Å². The van der Waals surface area contributed by atoms with Crippen LogP contribution in [0.1, 0.15) is 6.92 Å². The second kappa shape index (κ2) is 5.32. The molecule has 0 aliphatic heterocycles. The molecule has 1 aromatic heterocycles. The molecule has 0 aromatic carbocycles. The molecule has 0 fully saturated rings. The van der Waals surface area contributed by atoms with E-state index in [1.165, 1.54) is 0 Å². The van der Waals surface area contributed by atoms with Crippen LogP contribution >= 0.6 is 0 Å². The molecular formula is C8H16N6O. The Kier molecular flexibility index (Phi) is 4.07. The molecular weight excluding hydrogens is 196 g/mol. The maximum Gasteiger partial charge on any atom is 0.223 e. The molecule has 0 saturated carbocycles. The molecule has 0 bridgehead atoms. The van der Waals surface area contributed by atoms with Crippen LogP contribution in [0.25, 0.3) is 0 Å². The maximum atomic E-state index is 8.87. The van der Waals surface area contributed by atoms with Crippen molar-refractivity contribution in [3.63, 3.8) is 0 Å². The fraction of sp³-hybridized carbons (Fsp3) is 0.500. The first kappa shape index (κ1) is 11.5. The van der Waals surface area contributed by atoms with E-state index in [2.05, 4.69) is 15.4 Å². The van der Waals surface area contributed by atoms with Gasteiger partial charge in [0.2, 0.25) is 5.95 Å². The summed E-state index contributed by atoms with van der Waals surface area (Å²) < 4.78 is 0. The summed E-state index contributed by atoms with van der Waals surface area (Å²) in [6, 6.07) is 1.68. The average Bonchev–Trinajstić information content (AvgIpc) is 2.24. The van der Waals surface area contributed by atoms with E-state index in [0.29, 0.717) is 18.2 Å². The van der Waals surface area contributed by atoms with Crippen LogP contribution in [0, 0.1) is 0 Å². The quantitative estimate of drug-likeness (QED) is 0.372. The van der Waals surface area contributed by atoms with E-state index in [0.717, 1.165) is 6.54 Å². The number of aliphatic hydroxyl groups is 1. The van der Waals surface area contributed by atoms with Crippen LogP contribution in [0.4, 0.5) is 17.6 Å². The van der Waals surface area contributed by atoms with Crippen molar-refractivity contribution >= 4 is 17.6 Å². The van der Waals surface area contributed by atoms with Gasteiger partial charge in [-0.15, -0.1) is 0 Å². The summed E-state index contributed by atoms with van der Waals surface area (Å²) in [7, 11) is 0. The first-order valence-electron chi connectivity index (χ1n) is 4.68. The molecule has 0 aliphatic rings. The molecule has 0 amide bonds. The summed E-state index contributed by atoms with van der Waals surface area (Å²) >= 11 is 0. The molecule has 0 spiro atoms. The highest BCUT2D eigenvalue weighted by atomic mass is 16.3. The van der Waals surface area contributed by atoms with Gasteiger partial charge < -0.3 is 21.2 Å². The predicted octanol–water partition coefficient (Wildman–Crippen LogP) is -0.837. The normalized spacial score (nSPS) is 10.1. The minimum atomic E-state index is 0.0587. The smallest absolute Gasteiger partial charge is 0.223 e. The summed E-state index contributed by atoms with van der Waals surface area (Å²) in [5.41, 5.74) is 7.93. The molecule has 6 N–H and O–H groups in total. The summed E-state index contributed by atoms with van der Waals surface area (Å²) in [5.74, 6) is 6.49. The molecule has 1 rings (SSSR count). The van der Waals surface area contributed by atoms with Gasteiger partial charge in [0.25, 0.3) is 0 Å². The highest BCUT2D eigenvalue weighted by Gasteiger charge is 2.07. The van der Waals surface area contributed by atoms with Crippen molar-refractivity contribution in [1.82, 2.24) is 9.97 Å². The van der Waals surface area contributed by atoms with Crippen LogP contribution in [-0.2, 0) is 0 Å². The van der Waals surface area contributed by atoms with Crippen molar-refractivity contribution in [1.29, 1.82) is 0 Å². The second-order valence-electron chi connectivity index (χ2n) is 2.92. The highest BCUT2D eigenvalue weighted by Crippen LogP contribution is 2.15. The summed E-state index contributed by atoms with van der Waals surface area (Å²) in [4.78, 5) is 9.80. The third-order valence-corrected chi connectivity index (χ3v) is 1.95. The third kappa shape index (κ3) is 2.93. The Morgan fingerprint density at radius 3 is 2.80 bits per heavy atom. The summed E-state index contributed by atoms with van der Waals surface area (Å²) in [6.45, 7) is 3.24. The van der Waals surface area contributed by atoms with Gasteiger partial charge >= 0.3 is 0 Å². The van der Waals surface area contributed by atoms with Crippen LogP contribution < -0.4 is 21.9 Å². The SMILES string of the molecule is CCN(CCO)c1cc(NN)nc(N)n1. The number of nitrogens with one attached hydrogen (secondary N) is 1. The topological polar surface area (TPSA) is 113 Å². The molecule has 7 heteroatoms. The van der Waals surface area contributed by atoms with E-state index in [1.54, 1.807) is 6.07 Å². The van der Waals surface area contributed by atoms with Gasteiger partial charge in [0.05, 0.1) is 6.61 Å². The molecule has 1 heterocycles. The minimum Gasteiger partial charge on any atom is -0.395 e.